The van der Waals surface area contributed by atoms with E-state index in [2.05, 4.69) is 51.2 Å². The average molecular weight is 442 g/mol. The molecule has 7 unspecified atom stereocenters. The van der Waals surface area contributed by atoms with Gasteiger partial charge >= 0.3 is 6.03 Å². The molecule has 4 nitrogen and oxygen atoms in total. The zero-order valence-electron chi connectivity index (χ0n) is 21.3. The van der Waals surface area contributed by atoms with Gasteiger partial charge in [-0.1, -0.05) is 59.5 Å². The van der Waals surface area contributed by atoms with E-state index in [1.807, 2.05) is 0 Å². The number of rotatable bonds is 6. The van der Waals surface area contributed by atoms with Crippen LogP contribution in [-0.4, -0.2) is 11.7 Å². The Morgan fingerprint density at radius 1 is 1.09 bits per heavy atom. The van der Waals surface area contributed by atoms with Crippen LogP contribution in [0.4, 0.5) is 4.79 Å². The second-order valence-corrected chi connectivity index (χ2v) is 12.6. The zero-order valence-corrected chi connectivity index (χ0v) is 21.3. The Morgan fingerprint density at radius 3 is 2.59 bits per heavy atom. The molecule has 180 valence electrons. The van der Waals surface area contributed by atoms with Crippen LogP contribution in [0.3, 0.4) is 0 Å². The number of hydrogen-bond donors (Lipinski definition) is 2. The fourth-order valence-corrected chi connectivity index (χ4v) is 8.81. The molecule has 0 aromatic heterocycles. The molecule has 3 fully saturated rings. The van der Waals surface area contributed by atoms with Crippen LogP contribution in [0.2, 0.25) is 0 Å². The monoisotopic (exact) mass is 441 g/mol. The Morgan fingerprint density at radius 2 is 1.88 bits per heavy atom. The van der Waals surface area contributed by atoms with E-state index in [9.17, 15) is 4.79 Å². The second-order valence-electron chi connectivity index (χ2n) is 12.6. The number of nitrogens with two attached hydrogens (primary N) is 1. The first kappa shape index (κ1) is 23.8. The molecule has 0 spiro atoms. The normalized spacial score (nSPS) is 40.9. The third-order valence-electron chi connectivity index (χ3n) is 10.5. The molecular formula is C28H47N3O. The highest BCUT2D eigenvalue weighted by Gasteiger charge is 2.59. The highest BCUT2D eigenvalue weighted by Crippen LogP contribution is 2.67. The molecule has 7 atom stereocenters. The van der Waals surface area contributed by atoms with Gasteiger partial charge in [0.2, 0.25) is 0 Å². The number of nitrogens with zero attached hydrogens (tertiary/aromatic N) is 1. The Bertz CT molecular complexity index is 771. The fraction of sp³-hybridized carbons (Fsp3) is 0.857. The molecule has 0 bridgehead atoms. The first-order valence-corrected chi connectivity index (χ1v) is 13.5. The summed E-state index contributed by atoms with van der Waals surface area (Å²) >= 11 is 0. The third-order valence-corrected chi connectivity index (χ3v) is 10.5. The lowest BCUT2D eigenvalue weighted by atomic mass is 9.46. The summed E-state index contributed by atoms with van der Waals surface area (Å²) in [4.78, 5) is 11.1. The number of carbonyl (C=O) groups excluding carboxylic acids is 1. The summed E-state index contributed by atoms with van der Waals surface area (Å²) in [6.07, 6.45) is 16.9. The van der Waals surface area contributed by atoms with Crippen molar-refractivity contribution in [2.24, 2.45) is 57.2 Å². The molecule has 0 aromatic carbocycles. The van der Waals surface area contributed by atoms with E-state index in [1.165, 1.54) is 57.8 Å². The van der Waals surface area contributed by atoms with Gasteiger partial charge < -0.3 is 5.73 Å². The molecule has 3 saturated carbocycles. The standard InChI is InChI=1S/C28H47N3O/c1-18(2)7-6-8-19(3)23-11-12-24-22-10-9-20-17-21(30-31-26(29)32)13-15-27(20,4)25(22)14-16-28(23,24)5/h17-19,22-25H,6-16H2,1-5H3,(H3,29,31,32)/b30-21-. The summed E-state index contributed by atoms with van der Waals surface area (Å²) in [5.41, 5.74) is 11.1. The van der Waals surface area contributed by atoms with Gasteiger partial charge in [-0.2, -0.15) is 5.10 Å². The van der Waals surface area contributed by atoms with Gasteiger partial charge in [0.05, 0.1) is 5.71 Å². The first-order valence-electron chi connectivity index (χ1n) is 13.5. The SMILES string of the molecule is CC(C)CCCC(C)C1CCC2C3CCC4=C/C(=N\NC(N)=O)CCC4(C)C3CCC12C. The van der Waals surface area contributed by atoms with E-state index < -0.39 is 6.03 Å². The van der Waals surface area contributed by atoms with Crippen LogP contribution in [0.1, 0.15) is 105 Å². The molecule has 3 N–H and O–H groups in total. The summed E-state index contributed by atoms with van der Waals surface area (Å²) in [6, 6.07) is -0.575. The van der Waals surface area contributed by atoms with Gasteiger partial charge in [0.25, 0.3) is 0 Å². The van der Waals surface area contributed by atoms with Gasteiger partial charge in [0.15, 0.2) is 0 Å². The van der Waals surface area contributed by atoms with Crippen LogP contribution in [0, 0.1) is 46.3 Å². The molecule has 4 rings (SSSR count). The summed E-state index contributed by atoms with van der Waals surface area (Å²) in [5, 5.41) is 4.25. The molecule has 0 heterocycles. The minimum absolute atomic E-state index is 0.316. The molecule has 4 aliphatic carbocycles. The molecule has 0 aromatic rings. The molecule has 0 aliphatic heterocycles. The van der Waals surface area contributed by atoms with Crippen LogP contribution in [-0.2, 0) is 0 Å². The number of fused-ring (bicyclic) bond motifs is 5. The van der Waals surface area contributed by atoms with Gasteiger partial charge in [-0.05, 0) is 104 Å². The smallest absolute Gasteiger partial charge is 0.332 e. The molecule has 2 amide bonds. The first-order chi connectivity index (χ1) is 15.1. The van der Waals surface area contributed by atoms with Gasteiger partial charge in [0.1, 0.15) is 0 Å². The Hall–Kier alpha value is -1.32. The summed E-state index contributed by atoms with van der Waals surface area (Å²) in [6.45, 7) is 12.5. The van der Waals surface area contributed by atoms with Crippen molar-refractivity contribution in [1.82, 2.24) is 5.43 Å². The highest BCUT2D eigenvalue weighted by atomic mass is 16.2. The maximum absolute atomic E-state index is 11.1. The van der Waals surface area contributed by atoms with Crippen molar-refractivity contribution in [2.75, 3.05) is 0 Å². The largest absolute Gasteiger partial charge is 0.350 e. The molecule has 0 radical (unpaired) electrons. The number of carbonyl (C=O) groups is 1. The van der Waals surface area contributed by atoms with Gasteiger partial charge in [-0.3, -0.25) is 0 Å². The lowest BCUT2D eigenvalue weighted by Crippen LogP contribution is -2.51. The second kappa shape index (κ2) is 9.14. The van der Waals surface area contributed by atoms with E-state index in [4.69, 9.17) is 5.73 Å². The minimum Gasteiger partial charge on any atom is -0.350 e. The van der Waals surface area contributed by atoms with Gasteiger partial charge in [-0.25, -0.2) is 10.2 Å². The number of nitrogens with one attached hydrogen (secondary N) is 1. The van der Waals surface area contributed by atoms with E-state index in [1.54, 1.807) is 5.57 Å². The number of primary amides is 1. The average Bonchev–Trinajstić information content (AvgIpc) is 3.09. The van der Waals surface area contributed by atoms with E-state index in [0.717, 1.165) is 54.1 Å². The van der Waals surface area contributed by atoms with Crippen molar-refractivity contribution in [3.8, 4) is 0 Å². The van der Waals surface area contributed by atoms with Crippen molar-refractivity contribution in [2.45, 2.75) is 105 Å². The molecular weight excluding hydrogens is 394 g/mol. The van der Waals surface area contributed by atoms with Crippen molar-refractivity contribution >= 4 is 11.7 Å². The van der Waals surface area contributed by atoms with Crippen molar-refractivity contribution < 1.29 is 4.79 Å². The predicted octanol–water partition coefficient (Wildman–Crippen LogP) is 7.05. The van der Waals surface area contributed by atoms with Crippen LogP contribution in [0.15, 0.2) is 16.8 Å². The number of urea groups is 1. The summed E-state index contributed by atoms with van der Waals surface area (Å²) < 4.78 is 0. The molecule has 0 saturated heterocycles. The molecule has 4 aliphatic rings. The Kier molecular flexibility index (Phi) is 6.81. The quantitative estimate of drug-likeness (QED) is 0.426. The van der Waals surface area contributed by atoms with E-state index in [-0.39, 0.29) is 0 Å². The van der Waals surface area contributed by atoms with Crippen LogP contribution in [0.5, 0.6) is 0 Å². The van der Waals surface area contributed by atoms with Crippen molar-refractivity contribution in [3.05, 3.63) is 11.6 Å². The number of amides is 2. The Balaban J connectivity index is 1.47. The maximum atomic E-state index is 11.1. The summed E-state index contributed by atoms with van der Waals surface area (Å²) in [5.74, 6) is 5.27. The van der Waals surface area contributed by atoms with Crippen LogP contribution < -0.4 is 11.2 Å². The summed E-state index contributed by atoms with van der Waals surface area (Å²) in [7, 11) is 0. The van der Waals surface area contributed by atoms with Crippen LogP contribution >= 0.6 is 0 Å². The highest BCUT2D eigenvalue weighted by molar-refractivity contribution is 5.97. The van der Waals surface area contributed by atoms with E-state index in [0.29, 0.717) is 10.8 Å². The third kappa shape index (κ3) is 4.28. The number of hydrogen-bond acceptors (Lipinski definition) is 2. The maximum Gasteiger partial charge on any atom is 0.332 e. The lowest BCUT2D eigenvalue weighted by molar-refractivity contribution is -0.0573. The minimum atomic E-state index is -0.575. The molecule has 4 heteroatoms. The number of hydrazone groups is 1. The van der Waals surface area contributed by atoms with Gasteiger partial charge in [0, 0.05) is 0 Å². The van der Waals surface area contributed by atoms with Crippen LogP contribution in [0.25, 0.3) is 0 Å². The fourth-order valence-electron chi connectivity index (χ4n) is 8.81. The van der Waals surface area contributed by atoms with Gasteiger partial charge in [-0.15, -0.1) is 0 Å². The van der Waals surface area contributed by atoms with Crippen molar-refractivity contribution in [1.29, 1.82) is 0 Å². The van der Waals surface area contributed by atoms with E-state index >= 15 is 0 Å². The number of allylic oxidation sites excluding steroid dienone is 2. The van der Waals surface area contributed by atoms with Crippen molar-refractivity contribution in [3.63, 3.8) is 0 Å². The zero-order chi connectivity index (χ0) is 23.1. The topological polar surface area (TPSA) is 67.5 Å². The lowest BCUT2D eigenvalue weighted by Gasteiger charge is -2.58. The molecule has 32 heavy (non-hydrogen) atoms. The predicted molar refractivity (Wildman–Crippen MR) is 133 cm³/mol. The Labute approximate surface area is 196 Å².